The number of nitrogens with zero attached hydrogens (tertiary/aromatic N) is 5. The van der Waals surface area contributed by atoms with Gasteiger partial charge in [-0.15, -0.1) is 0 Å². The van der Waals surface area contributed by atoms with Gasteiger partial charge in [-0.1, -0.05) is 0 Å². The first-order chi connectivity index (χ1) is 16.2. The van der Waals surface area contributed by atoms with E-state index in [4.69, 9.17) is 4.74 Å². The van der Waals surface area contributed by atoms with Crippen molar-refractivity contribution in [2.24, 2.45) is 13.0 Å². The number of ether oxygens (including phenoxy) is 1. The van der Waals surface area contributed by atoms with Gasteiger partial charge in [0.05, 0.1) is 35.0 Å². The Hall–Kier alpha value is -3.84. The monoisotopic (exact) mass is 486 g/mol. The van der Waals surface area contributed by atoms with Gasteiger partial charge in [-0.2, -0.15) is 9.40 Å². The van der Waals surface area contributed by atoms with Gasteiger partial charge in [0.1, 0.15) is 16.4 Å². The van der Waals surface area contributed by atoms with E-state index in [0.29, 0.717) is 25.1 Å². The summed E-state index contributed by atoms with van der Waals surface area (Å²) < 4.78 is 34.1. The number of anilines is 1. The standard InChI is InChI=1S/C21H22N6O6S/c1-25-14-20(12-23-25)34(31,32)26-7-3-4-15(13-26)21(28)24-16-8-17(27(29)30)10-19(9-16)33-18-5-2-6-22-11-18/h2,5-6,8-12,14-15H,3-4,7,13H2,1H3,(H,24,28). The van der Waals surface area contributed by atoms with Crippen molar-refractivity contribution in [2.45, 2.75) is 17.7 Å². The first-order valence-corrected chi connectivity index (χ1v) is 11.8. The van der Waals surface area contributed by atoms with Crippen molar-refractivity contribution in [3.8, 4) is 11.5 Å². The molecule has 0 spiro atoms. The largest absolute Gasteiger partial charge is 0.455 e. The number of hydrogen-bond donors (Lipinski definition) is 1. The first kappa shape index (κ1) is 23.3. The third-order valence-electron chi connectivity index (χ3n) is 5.31. The molecule has 1 aromatic carbocycles. The van der Waals surface area contributed by atoms with Crippen molar-refractivity contribution in [1.29, 1.82) is 0 Å². The minimum absolute atomic E-state index is 0.00295. The highest BCUT2D eigenvalue weighted by atomic mass is 32.2. The third kappa shape index (κ3) is 5.21. The molecule has 1 saturated heterocycles. The average molecular weight is 487 g/mol. The van der Waals surface area contributed by atoms with Crippen LogP contribution in [0.2, 0.25) is 0 Å². The maximum absolute atomic E-state index is 13.0. The van der Waals surface area contributed by atoms with Crippen LogP contribution in [-0.2, 0) is 21.9 Å². The van der Waals surface area contributed by atoms with E-state index in [1.807, 2.05) is 0 Å². The summed E-state index contributed by atoms with van der Waals surface area (Å²) in [6, 6.07) is 7.23. The van der Waals surface area contributed by atoms with Crippen molar-refractivity contribution in [1.82, 2.24) is 19.1 Å². The maximum atomic E-state index is 13.0. The van der Waals surface area contributed by atoms with E-state index in [0.717, 1.165) is 0 Å². The molecule has 0 radical (unpaired) electrons. The van der Waals surface area contributed by atoms with E-state index in [-0.39, 0.29) is 28.6 Å². The Morgan fingerprint density at radius 3 is 2.76 bits per heavy atom. The van der Waals surface area contributed by atoms with Crippen LogP contribution in [0.15, 0.2) is 60.0 Å². The van der Waals surface area contributed by atoms with E-state index in [9.17, 15) is 23.3 Å². The summed E-state index contributed by atoms with van der Waals surface area (Å²) in [6.07, 6.45) is 6.68. The van der Waals surface area contributed by atoms with Crippen molar-refractivity contribution < 1.29 is 22.9 Å². The van der Waals surface area contributed by atoms with Gasteiger partial charge in [-0.3, -0.25) is 24.6 Å². The zero-order valence-corrected chi connectivity index (χ0v) is 19.0. The predicted molar refractivity (Wildman–Crippen MR) is 121 cm³/mol. The Kier molecular flexibility index (Phi) is 6.56. The van der Waals surface area contributed by atoms with Gasteiger partial charge in [0.25, 0.3) is 5.69 Å². The molecule has 34 heavy (non-hydrogen) atoms. The minimum atomic E-state index is -3.78. The molecular weight excluding hydrogens is 464 g/mol. The number of carbonyl (C=O) groups is 1. The normalized spacial score (nSPS) is 16.7. The Balaban J connectivity index is 1.50. The van der Waals surface area contributed by atoms with Crippen molar-refractivity contribution in [3.05, 3.63) is 65.2 Å². The molecule has 4 rings (SSSR count). The molecule has 1 N–H and O–H groups in total. The van der Waals surface area contributed by atoms with E-state index >= 15 is 0 Å². The smallest absolute Gasteiger partial charge is 0.275 e. The molecule has 3 aromatic rings. The van der Waals surface area contributed by atoms with Crippen LogP contribution in [-0.4, -0.2) is 51.4 Å². The number of carbonyl (C=O) groups excluding carboxylic acids is 1. The molecule has 1 atom stereocenters. The van der Waals surface area contributed by atoms with Crippen LogP contribution in [0.3, 0.4) is 0 Å². The van der Waals surface area contributed by atoms with Gasteiger partial charge >= 0.3 is 0 Å². The van der Waals surface area contributed by atoms with E-state index in [1.165, 1.54) is 45.8 Å². The molecule has 0 bridgehead atoms. The van der Waals surface area contributed by atoms with Crippen LogP contribution >= 0.6 is 0 Å². The highest BCUT2D eigenvalue weighted by molar-refractivity contribution is 7.89. The number of aryl methyl sites for hydroxylation is 1. The zero-order valence-electron chi connectivity index (χ0n) is 18.2. The number of nitrogens with one attached hydrogen (secondary N) is 1. The molecule has 1 unspecified atom stereocenters. The summed E-state index contributed by atoms with van der Waals surface area (Å²) in [5, 5.41) is 18.0. The highest BCUT2D eigenvalue weighted by Gasteiger charge is 2.34. The van der Waals surface area contributed by atoms with Crippen LogP contribution in [0.1, 0.15) is 12.8 Å². The third-order valence-corrected chi connectivity index (χ3v) is 7.13. The van der Waals surface area contributed by atoms with Crippen LogP contribution in [0, 0.1) is 16.0 Å². The van der Waals surface area contributed by atoms with E-state index < -0.39 is 26.8 Å². The molecule has 1 aliphatic rings. The second-order valence-corrected chi connectivity index (χ2v) is 9.74. The van der Waals surface area contributed by atoms with Gasteiger partial charge < -0.3 is 10.1 Å². The molecule has 3 heterocycles. The van der Waals surface area contributed by atoms with Gasteiger partial charge in [0.15, 0.2) is 0 Å². The summed E-state index contributed by atoms with van der Waals surface area (Å²) in [6.45, 7) is 0.290. The molecule has 12 nitrogen and oxygen atoms in total. The van der Waals surface area contributed by atoms with Gasteiger partial charge in [0, 0.05) is 44.7 Å². The lowest BCUT2D eigenvalue weighted by atomic mass is 9.98. The number of pyridine rings is 1. The van der Waals surface area contributed by atoms with Crippen molar-refractivity contribution >= 4 is 27.3 Å². The minimum Gasteiger partial charge on any atom is -0.455 e. The number of nitro groups is 1. The van der Waals surface area contributed by atoms with Crippen LogP contribution in [0.5, 0.6) is 11.5 Å². The Bertz CT molecular complexity index is 1310. The lowest BCUT2D eigenvalue weighted by molar-refractivity contribution is -0.384. The molecule has 1 fully saturated rings. The van der Waals surface area contributed by atoms with Crippen molar-refractivity contribution in [2.75, 3.05) is 18.4 Å². The lowest BCUT2D eigenvalue weighted by Gasteiger charge is -2.30. The summed E-state index contributed by atoms with van der Waals surface area (Å²) in [4.78, 5) is 27.7. The van der Waals surface area contributed by atoms with Crippen LogP contribution in [0.4, 0.5) is 11.4 Å². The number of hydrogen-bond acceptors (Lipinski definition) is 8. The molecule has 1 amide bonds. The Labute approximate surface area is 195 Å². The molecule has 0 saturated carbocycles. The van der Waals surface area contributed by atoms with Gasteiger partial charge in [-0.05, 0) is 25.0 Å². The molecule has 178 valence electrons. The van der Waals surface area contributed by atoms with E-state index in [2.05, 4.69) is 15.4 Å². The van der Waals surface area contributed by atoms with Gasteiger partial charge in [0.2, 0.25) is 15.9 Å². The number of sulfonamides is 1. The van der Waals surface area contributed by atoms with Crippen molar-refractivity contribution in [3.63, 3.8) is 0 Å². The first-order valence-electron chi connectivity index (χ1n) is 10.4. The fourth-order valence-corrected chi connectivity index (χ4v) is 5.17. The fraction of sp³-hybridized carbons (Fsp3) is 0.286. The topological polar surface area (TPSA) is 150 Å². The van der Waals surface area contributed by atoms with Crippen LogP contribution in [0.25, 0.3) is 0 Å². The Morgan fingerprint density at radius 2 is 2.09 bits per heavy atom. The summed E-state index contributed by atoms with van der Waals surface area (Å²) in [5.41, 5.74) is -0.0913. The average Bonchev–Trinajstić information content (AvgIpc) is 3.27. The number of nitro benzene ring substituents is 1. The SMILES string of the molecule is Cn1cc(S(=O)(=O)N2CCCC(C(=O)Nc3cc(Oc4cccnc4)cc([N+](=O)[O-])c3)C2)cn1. The molecular formula is C21H22N6O6S. The van der Waals surface area contributed by atoms with Gasteiger partial charge in [-0.25, -0.2) is 8.42 Å². The molecule has 2 aromatic heterocycles. The molecule has 0 aliphatic carbocycles. The second kappa shape index (κ2) is 9.57. The predicted octanol–water partition coefficient (Wildman–Crippen LogP) is 2.56. The summed E-state index contributed by atoms with van der Waals surface area (Å²) in [7, 11) is -2.16. The number of aromatic nitrogens is 3. The maximum Gasteiger partial charge on any atom is 0.275 e. The quantitative estimate of drug-likeness (QED) is 0.395. The summed E-state index contributed by atoms with van der Waals surface area (Å²) in [5.74, 6) is -0.521. The lowest BCUT2D eigenvalue weighted by Crippen LogP contribution is -2.43. The zero-order chi connectivity index (χ0) is 24.3. The Morgan fingerprint density at radius 1 is 1.26 bits per heavy atom. The number of rotatable bonds is 7. The van der Waals surface area contributed by atoms with E-state index in [1.54, 1.807) is 25.4 Å². The molecule has 1 aliphatic heterocycles. The van der Waals surface area contributed by atoms with Crippen LogP contribution < -0.4 is 10.1 Å². The number of benzene rings is 1. The number of amides is 1. The number of piperidine rings is 1. The number of non-ortho nitro benzene ring substituents is 1. The molecule has 13 heteroatoms. The summed E-state index contributed by atoms with van der Waals surface area (Å²) >= 11 is 0. The second-order valence-electron chi connectivity index (χ2n) is 7.80. The highest BCUT2D eigenvalue weighted by Crippen LogP contribution is 2.30. The fourth-order valence-electron chi connectivity index (χ4n) is 3.66.